The van der Waals surface area contributed by atoms with Gasteiger partial charge in [0.1, 0.15) is 5.82 Å². The number of piperidine rings is 1. The summed E-state index contributed by atoms with van der Waals surface area (Å²) in [6.07, 6.45) is 5.44. The van der Waals surface area contributed by atoms with E-state index in [4.69, 9.17) is 0 Å². The molecule has 1 aliphatic rings. The van der Waals surface area contributed by atoms with Crippen LogP contribution in [0.25, 0.3) is 6.08 Å². The number of amides is 1. The van der Waals surface area contributed by atoms with Gasteiger partial charge in [-0.15, -0.1) is 0 Å². The van der Waals surface area contributed by atoms with Crippen molar-refractivity contribution in [3.05, 3.63) is 41.7 Å². The van der Waals surface area contributed by atoms with Crippen LogP contribution in [-0.4, -0.2) is 37.0 Å². The van der Waals surface area contributed by atoms with Crippen LogP contribution in [0, 0.1) is 11.7 Å². The molecule has 1 aliphatic heterocycles. The lowest BCUT2D eigenvalue weighted by Gasteiger charge is -2.31. The van der Waals surface area contributed by atoms with Crippen LogP contribution in [0.15, 0.2) is 30.3 Å². The van der Waals surface area contributed by atoms with E-state index in [9.17, 15) is 9.18 Å². The fourth-order valence-corrected chi connectivity index (χ4v) is 2.55. The molecule has 1 saturated heterocycles. The third-order valence-electron chi connectivity index (χ3n) is 3.90. The van der Waals surface area contributed by atoms with Crippen LogP contribution in [0.4, 0.5) is 4.39 Å². The Balaban J connectivity index is 1.80. The van der Waals surface area contributed by atoms with Crippen molar-refractivity contribution in [2.45, 2.75) is 19.8 Å². The van der Waals surface area contributed by atoms with Crippen molar-refractivity contribution in [1.29, 1.82) is 0 Å². The van der Waals surface area contributed by atoms with Gasteiger partial charge in [-0.25, -0.2) is 4.39 Å². The minimum Gasteiger partial charge on any atom is -0.339 e. The molecule has 2 rings (SSSR count). The number of carbonyl (C=O) groups is 1. The van der Waals surface area contributed by atoms with Gasteiger partial charge in [0.05, 0.1) is 0 Å². The highest BCUT2D eigenvalue weighted by Gasteiger charge is 2.20. The van der Waals surface area contributed by atoms with Crippen molar-refractivity contribution in [3.8, 4) is 0 Å². The minimum atomic E-state index is -0.263. The number of halogens is 1. The Labute approximate surface area is 125 Å². The van der Waals surface area contributed by atoms with Gasteiger partial charge in [-0.2, -0.15) is 0 Å². The van der Waals surface area contributed by atoms with E-state index in [0.29, 0.717) is 5.92 Å². The van der Waals surface area contributed by atoms with E-state index >= 15 is 0 Å². The average molecular weight is 290 g/mol. The van der Waals surface area contributed by atoms with Crippen LogP contribution >= 0.6 is 0 Å². The van der Waals surface area contributed by atoms with Gasteiger partial charge in [0, 0.05) is 19.2 Å². The third-order valence-corrected chi connectivity index (χ3v) is 3.90. The molecule has 1 fully saturated rings. The van der Waals surface area contributed by atoms with E-state index in [2.05, 4.69) is 12.2 Å². The van der Waals surface area contributed by atoms with Gasteiger partial charge in [0.15, 0.2) is 0 Å². The van der Waals surface area contributed by atoms with Crippen LogP contribution in [0.3, 0.4) is 0 Å². The first-order chi connectivity index (χ1) is 10.2. The molecule has 1 aromatic carbocycles. The van der Waals surface area contributed by atoms with E-state index in [-0.39, 0.29) is 11.7 Å². The number of benzene rings is 1. The second-order valence-electron chi connectivity index (χ2n) is 5.46. The van der Waals surface area contributed by atoms with Crippen molar-refractivity contribution in [2.24, 2.45) is 5.92 Å². The summed E-state index contributed by atoms with van der Waals surface area (Å²) < 4.78 is 12.8. The molecule has 114 valence electrons. The van der Waals surface area contributed by atoms with Gasteiger partial charge < -0.3 is 10.2 Å². The lowest BCUT2D eigenvalue weighted by Crippen LogP contribution is -2.40. The summed E-state index contributed by atoms with van der Waals surface area (Å²) in [7, 11) is 0. The van der Waals surface area contributed by atoms with Crippen LogP contribution in [0.2, 0.25) is 0 Å². The van der Waals surface area contributed by atoms with Gasteiger partial charge in [0.2, 0.25) is 5.91 Å². The largest absolute Gasteiger partial charge is 0.339 e. The molecule has 3 nitrogen and oxygen atoms in total. The minimum absolute atomic E-state index is 0.0428. The maximum atomic E-state index is 12.8. The van der Waals surface area contributed by atoms with E-state index < -0.39 is 0 Å². The van der Waals surface area contributed by atoms with Crippen molar-refractivity contribution in [2.75, 3.05) is 26.2 Å². The molecule has 21 heavy (non-hydrogen) atoms. The summed E-state index contributed by atoms with van der Waals surface area (Å²) in [5.41, 5.74) is 0.840. The number of rotatable bonds is 5. The molecule has 0 aromatic heterocycles. The molecule has 0 spiro atoms. The number of hydrogen-bond acceptors (Lipinski definition) is 2. The molecular formula is C17H23FN2O. The molecule has 0 unspecified atom stereocenters. The van der Waals surface area contributed by atoms with Crippen LogP contribution in [0.5, 0.6) is 0 Å². The Hall–Kier alpha value is -1.68. The van der Waals surface area contributed by atoms with E-state index in [1.807, 2.05) is 4.90 Å². The van der Waals surface area contributed by atoms with Crippen LogP contribution in [0.1, 0.15) is 25.3 Å². The molecule has 1 N–H and O–H groups in total. The highest BCUT2D eigenvalue weighted by atomic mass is 19.1. The fourth-order valence-electron chi connectivity index (χ4n) is 2.55. The van der Waals surface area contributed by atoms with E-state index in [0.717, 1.165) is 44.6 Å². The second kappa shape index (κ2) is 7.93. The quantitative estimate of drug-likeness (QED) is 0.846. The molecule has 0 saturated carbocycles. The first kappa shape index (κ1) is 15.7. The first-order valence-corrected chi connectivity index (χ1v) is 7.62. The molecule has 4 heteroatoms. The van der Waals surface area contributed by atoms with Crippen molar-refractivity contribution < 1.29 is 9.18 Å². The molecule has 0 atom stereocenters. The maximum absolute atomic E-state index is 12.8. The number of carbonyl (C=O) groups excluding carboxylic acids is 1. The topological polar surface area (TPSA) is 32.3 Å². The second-order valence-corrected chi connectivity index (χ2v) is 5.46. The summed E-state index contributed by atoms with van der Waals surface area (Å²) in [6.45, 7) is 5.80. The predicted octanol–water partition coefficient (Wildman–Crippen LogP) is 2.69. The first-order valence-electron chi connectivity index (χ1n) is 7.62. The lowest BCUT2D eigenvalue weighted by atomic mass is 9.96. The molecule has 1 aromatic rings. The molecule has 1 heterocycles. The maximum Gasteiger partial charge on any atom is 0.246 e. The molecule has 0 radical (unpaired) electrons. The highest BCUT2D eigenvalue weighted by Crippen LogP contribution is 2.17. The summed E-state index contributed by atoms with van der Waals surface area (Å²) in [5, 5.41) is 3.37. The molecular weight excluding hydrogens is 267 g/mol. The summed E-state index contributed by atoms with van der Waals surface area (Å²) in [5.74, 6) is 0.456. The molecule has 0 bridgehead atoms. The van der Waals surface area contributed by atoms with Gasteiger partial charge in [-0.1, -0.05) is 19.1 Å². The Morgan fingerprint density at radius 2 is 2.00 bits per heavy atom. The van der Waals surface area contributed by atoms with Crippen molar-refractivity contribution in [3.63, 3.8) is 0 Å². The standard InChI is InChI=1S/C17H23FN2O/c1-2-19-13-15-9-11-20(12-10-15)17(21)8-5-14-3-6-16(18)7-4-14/h3-8,15,19H,2,9-13H2,1H3/b8-5+. The lowest BCUT2D eigenvalue weighted by molar-refractivity contribution is -0.127. The number of hydrogen-bond donors (Lipinski definition) is 1. The Morgan fingerprint density at radius 3 is 2.62 bits per heavy atom. The monoisotopic (exact) mass is 290 g/mol. The zero-order valence-electron chi connectivity index (χ0n) is 12.5. The zero-order chi connectivity index (χ0) is 15.1. The van der Waals surface area contributed by atoms with Crippen LogP contribution < -0.4 is 5.32 Å². The molecule has 1 amide bonds. The van der Waals surface area contributed by atoms with Gasteiger partial charge in [-0.05, 0) is 55.6 Å². The molecule has 0 aliphatic carbocycles. The predicted molar refractivity (Wildman–Crippen MR) is 83.3 cm³/mol. The number of nitrogens with one attached hydrogen (secondary N) is 1. The Morgan fingerprint density at radius 1 is 1.33 bits per heavy atom. The SMILES string of the molecule is CCNCC1CCN(C(=O)/C=C/c2ccc(F)cc2)CC1. The number of nitrogens with zero attached hydrogens (tertiary/aromatic N) is 1. The normalized spacial score (nSPS) is 16.6. The van der Waals surface area contributed by atoms with Crippen molar-refractivity contribution >= 4 is 12.0 Å². The summed E-state index contributed by atoms with van der Waals surface area (Å²) >= 11 is 0. The fraction of sp³-hybridized carbons (Fsp3) is 0.471. The number of likely N-dealkylation sites (tertiary alicyclic amines) is 1. The average Bonchev–Trinajstić information content (AvgIpc) is 2.52. The zero-order valence-corrected chi connectivity index (χ0v) is 12.5. The Bertz CT molecular complexity index is 476. The smallest absolute Gasteiger partial charge is 0.246 e. The van der Waals surface area contributed by atoms with Gasteiger partial charge >= 0.3 is 0 Å². The Kier molecular flexibility index (Phi) is 5.93. The van der Waals surface area contributed by atoms with Crippen molar-refractivity contribution in [1.82, 2.24) is 10.2 Å². The highest BCUT2D eigenvalue weighted by molar-refractivity contribution is 5.91. The summed E-state index contributed by atoms with van der Waals surface area (Å²) in [6, 6.07) is 6.14. The third kappa shape index (κ3) is 4.97. The van der Waals surface area contributed by atoms with E-state index in [1.165, 1.54) is 12.1 Å². The van der Waals surface area contributed by atoms with Gasteiger partial charge in [-0.3, -0.25) is 4.79 Å². The van der Waals surface area contributed by atoms with Gasteiger partial charge in [0.25, 0.3) is 0 Å². The van der Waals surface area contributed by atoms with E-state index in [1.54, 1.807) is 24.3 Å². The van der Waals surface area contributed by atoms with Crippen LogP contribution in [-0.2, 0) is 4.79 Å². The summed E-state index contributed by atoms with van der Waals surface area (Å²) in [4.78, 5) is 14.0.